The molecule has 5 heteroatoms. The molecule has 0 spiro atoms. The Bertz CT molecular complexity index is 449. The highest BCUT2D eigenvalue weighted by Crippen LogP contribution is 2.38. The monoisotopic (exact) mass is 285 g/mol. The van der Waals surface area contributed by atoms with Gasteiger partial charge in [0.1, 0.15) is 13.2 Å². The summed E-state index contributed by atoms with van der Waals surface area (Å²) < 4.78 is 16.2. The summed E-state index contributed by atoms with van der Waals surface area (Å²) in [5.74, 6) is 1.37. The van der Waals surface area contributed by atoms with Crippen molar-refractivity contribution < 1.29 is 14.2 Å². The Hall–Kier alpha value is -0.970. The summed E-state index contributed by atoms with van der Waals surface area (Å²) in [5, 5.41) is 4.03. The van der Waals surface area contributed by atoms with Crippen molar-refractivity contribution in [3.8, 4) is 11.5 Å². The Morgan fingerprint density at radius 1 is 1.32 bits per heavy atom. The van der Waals surface area contributed by atoms with Gasteiger partial charge in [-0.15, -0.1) is 0 Å². The first kappa shape index (κ1) is 14.4. The number of hydrogen-bond acceptors (Lipinski definition) is 4. The molecule has 0 aromatic heterocycles. The van der Waals surface area contributed by atoms with Gasteiger partial charge < -0.3 is 19.5 Å². The van der Waals surface area contributed by atoms with Gasteiger partial charge in [0.15, 0.2) is 11.5 Å². The van der Waals surface area contributed by atoms with Gasteiger partial charge >= 0.3 is 0 Å². The van der Waals surface area contributed by atoms with Gasteiger partial charge in [0.2, 0.25) is 0 Å². The molecule has 0 atom stereocenters. The Morgan fingerprint density at radius 3 is 2.79 bits per heavy atom. The zero-order valence-corrected chi connectivity index (χ0v) is 12.3. The molecule has 0 aliphatic carbocycles. The zero-order valence-electron chi connectivity index (χ0n) is 11.6. The second-order valence-electron chi connectivity index (χ2n) is 5.27. The number of ether oxygens (including phenoxy) is 3. The maximum atomic E-state index is 6.20. The van der Waals surface area contributed by atoms with Crippen LogP contribution in [0.15, 0.2) is 12.1 Å². The Kier molecular flexibility index (Phi) is 4.55. The lowest BCUT2D eigenvalue weighted by Crippen LogP contribution is -2.42. The zero-order chi connectivity index (χ0) is 13.9. The fourth-order valence-corrected chi connectivity index (χ4v) is 2.31. The van der Waals surface area contributed by atoms with Crippen molar-refractivity contribution in [3.05, 3.63) is 22.7 Å². The van der Waals surface area contributed by atoms with Crippen molar-refractivity contribution in [1.82, 2.24) is 5.32 Å². The molecule has 19 heavy (non-hydrogen) atoms. The molecule has 0 amide bonds. The second-order valence-corrected chi connectivity index (χ2v) is 5.68. The van der Waals surface area contributed by atoms with Crippen LogP contribution >= 0.6 is 11.6 Å². The van der Waals surface area contributed by atoms with Gasteiger partial charge in [0.25, 0.3) is 0 Å². The summed E-state index contributed by atoms with van der Waals surface area (Å²) in [5.41, 5.74) is 0.979. The van der Waals surface area contributed by atoms with Gasteiger partial charge in [-0.1, -0.05) is 11.6 Å². The van der Waals surface area contributed by atoms with E-state index in [-0.39, 0.29) is 5.54 Å². The molecule has 1 aromatic rings. The van der Waals surface area contributed by atoms with Crippen LogP contribution in [0, 0.1) is 0 Å². The summed E-state index contributed by atoms with van der Waals surface area (Å²) in [7, 11) is 1.70. The first-order valence-electron chi connectivity index (χ1n) is 6.34. The molecule has 2 rings (SSSR count). The number of methoxy groups -OCH3 is 1. The van der Waals surface area contributed by atoms with Crippen LogP contribution in [-0.2, 0) is 11.3 Å². The van der Waals surface area contributed by atoms with Crippen LogP contribution in [-0.4, -0.2) is 32.5 Å². The normalized spacial score (nSPS) is 14.5. The molecule has 4 nitrogen and oxygen atoms in total. The third-order valence-corrected chi connectivity index (χ3v) is 3.21. The molecule has 0 bridgehead atoms. The Morgan fingerprint density at radius 2 is 2.05 bits per heavy atom. The first-order chi connectivity index (χ1) is 9.02. The quantitative estimate of drug-likeness (QED) is 0.903. The van der Waals surface area contributed by atoms with E-state index >= 15 is 0 Å². The van der Waals surface area contributed by atoms with E-state index < -0.39 is 0 Å². The van der Waals surface area contributed by atoms with Crippen molar-refractivity contribution in [1.29, 1.82) is 0 Å². The standard InChI is InChI=1S/C14H20ClNO3/c1-14(2,9-17-3)16-8-10-6-11(15)13-12(7-10)18-4-5-19-13/h6-7,16H,4-5,8-9H2,1-3H3. The molecule has 0 radical (unpaired) electrons. The van der Waals surface area contributed by atoms with Crippen molar-refractivity contribution in [2.45, 2.75) is 25.9 Å². The minimum absolute atomic E-state index is 0.0888. The molecule has 106 valence electrons. The minimum atomic E-state index is -0.0888. The summed E-state index contributed by atoms with van der Waals surface area (Å²) in [6, 6.07) is 3.88. The van der Waals surface area contributed by atoms with Crippen LogP contribution in [0.3, 0.4) is 0 Å². The number of halogens is 1. The van der Waals surface area contributed by atoms with E-state index in [0.717, 1.165) is 11.3 Å². The van der Waals surface area contributed by atoms with E-state index in [9.17, 15) is 0 Å². The number of nitrogens with one attached hydrogen (secondary N) is 1. The van der Waals surface area contributed by atoms with Gasteiger partial charge in [0, 0.05) is 19.2 Å². The van der Waals surface area contributed by atoms with E-state index in [4.69, 9.17) is 25.8 Å². The van der Waals surface area contributed by atoms with Gasteiger partial charge in [0.05, 0.1) is 11.6 Å². The van der Waals surface area contributed by atoms with Crippen molar-refractivity contribution >= 4 is 11.6 Å². The molecule has 0 saturated heterocycles. The predicted molar refractivity (Wildman–Crippen MR) is 75.2 cm³/mol. The van der Waals surface area contributed by atoms with Crippen LogP contribution in [0.1, 0.15) is 19.4 Å². The molecule has 1 N–H and O–H groups in total. The third-order valence-electron chi connectivity index (χ3n) is 2.93. The smallest absolute Gasteiger partial charge is 0.179 e. The highest BCUT2D eigenvalue weighted by atomic mass is 35.5. The second kappa shape index (κ2) is 5.99. The average molecular weight is 286 g/mol. The molecule has 0 fully saturated rings. The van der Waals surface area contributed by atoms with Crippen LogP contribution in [0.5, 0.6) is 11.5 Å². The van der Waals surface area contributed by atoms with Crippen LogP contribution in [0.4, 0.5) is 0 Å². The van der Waals surface area contributed by atoms with E-state index in [2.05, 4.69) is 19.2 Å². The highest BCUT2D eigenvalue weighted by Gasteiger charge is 2.19. The summed E-state index contributed by atoms with van der Waals surface area (Å²) in [6.07, 6.45) is 0. The number of rotatable bonds is 5. The predicted octanol–water partition coefficient (Wildman–Crippen LogP) is 2.63. The van der Waals surface area contributed by atoms with E-state index in [1.165, 1.54) is 0 Å². The van der Waals surface area contributed by atoms with Gasteiger partial charge in [-0.25, -0.2) is 0 Å². The molecule has 0 unspecified atom stereocenters. The lowest BCUT2D eigenvalue weighted by molar-refractivity contribution is 0.127. The number of benzene rings is 1. The topological polar surface area (TPSA) is 39.7 Å². The van der Waals surface area contributed by atoms with E-state index in [0.29, 0.717) is 37.1 Å². The maximum Gasteiger partial charge on any atom is 0.179 e. The first-order valence-corrected chi connectivity index (χ1v) is 6.71. The van der Waals surface area contributed by atoms with Crippen molar-refractivity contribution in [3.63, 3.8) is 0 Å². The summed E-state index contributed by atoms with van der Waals surface area (Å²) >= 11 is 6.20. The minimum Gasteiger partial charge on any atom is -0.486 e. The molecule has 1 aliphatic heterocycles. The SMILES string of the molecule is COCC(C)(C)NCc1cc(Cl)c2c(c1)OCCO2. The lowest BCUT2D eigenvalue weighted by Gasteiger charge is -2.26. The van der Waals surface area contributed by atoms with Gasteiger partial charge in [-0.05, 0) is 31.5 Å². The summed E-state index contributed by atoms with van der Waals surface area (Å²) in [4.78, 5) is 0. The van der Waals surface area contributed by atoms with E-state index in [1.807, 2.05) is 12.1 Å². The number of hydrogen-bond donors (Lipinski definition) is 1. The summed E-state index contributed by atoms with van der Waals surface area (Å²) in [6.45, 7) is 6.64. The van der Waals surface area contributed by atoms with Crippen LogP contribution < -0.4 is 14.8 Å². The molecular formula is C14H20ClNO3. The van der Waals surface area contributed by atoms with Gasteiger partial charge in [-0.2, -0.15) is 0 Å². The van der Waals surface area contributed by atoms with E-state index in [1.54, 1.807) is 7.11 Å². The third kappa shape index (κ3) is 3.75. The largest absolute Gasteiger partial charge is 0.486 e. The molecule has 0 saturated carbocycles. The van der Waals surface area contributed by atoms with Crippen molar-refractivity contribution in [2.24, 2.45) is 0 Å². The Balaban J connectivity index is 2.07. The Labute approximate surface area is 119 Å². The highest BCUT2D eigenvalue weighted by molar-refractivity contribution is 6.32. The molecular weight excluding hydrogens is 266 g/mol. The number of fused-ring (bicyclic) bond motifs is 1. The molecule has 1 heterocycles. The lowest BCUT2D eigenvalue weighted by atomic mass is 10.1. The van der Waals surface area contributed by atoms with Crippen LogP contribution in [0.25, 0.3) is 0 Å². The fraction of sp³-hybridized carbons (Fsp3) is 0.571. The molecule has 1 aromatic carbocycles. The van der Waals surface area contributed by atoms with Gasteiger partial charge in [-0.3, -0.25) is 0 Å². The fourth-order valence-electron chi connectivity index (χ4n) is 2.02. The molecule has 1 aliphatic rings. The average Bonchev–Trinajstić information content (AvgIpc) is 2.37. The van der Waals surface area contributed by atoms with Crippen LogP contribution in [0.2, 0.25) is 5.02 Å². The van der Waals surface area contributed by atoms with Crippen molar-refractivity contribution in [2.75, 3.05) is 26.9 Å². The maximum absolute atomic E-state index is 6.20.